The molecule has 0 aliphatic carbocycles. The van der Waals surface area contributed by atoms with Crippen molar-refractivity contribution >= 4 is 11.9 Å². The van der Waals surface area contributed by atoms with Crippen LogP contribution in [-0.2, 0) is 11.2 Å². The lowest BCUT2D eigenvalue weighted by atomic mass is 9.91. The summed E-state index contributed by atoms with van der Waals surface area (Å²) in [6.07, 6.45) is 7.02. The second-order valence-corrected chi connectivity index (χ2v) is 6.24. The van der Waals surface area contributed by atoms with Crippen LogP contribution in [0, 0.1) is 11.9 Å². The molecule has 7 nitrogen and oxygen atoms in total. The molecule has 26 heavy (non-hydrogen) atoms. The van der Waals surface area contributed by atoms with E-state index in [1.54, 1.807) is 23.4 Å². The summed E-state index contributed by atoms with van der Waals surface area (Å²) in [5.41, 5.74) is 1.68. The van der Waals surface area contributed by atoms with E-state index in [4.69, 9.17) is 0 Å². The number of carbonyl (C=O) groups excluding carboxylic acids is 1. The van der Waals surface area contributed by atoms with Gasteiger partial charge in [-0.15, -0.1) is 0 Å². The zero-order valence-electron chi connectivity index (χ0n) is 14.0. The highest BCUT2D eigenvalue weighted by Gasteiger charge is 2.31. The number of halogens is 1. The molecule has 8 heteroatoms. The molecule has 4 heterocycles. The molecule has 3 aromatic rings. The Morgan fingerprint density at radius 2 is 2.08 bits per heavy atom. The van der Waals surface area contributed by atoms with E-state index in [1.807, 2.05) is 12.1 Å². The zero-order valence-corrected chi connectivity index (χ0v) is 14.0. The van der Waals surface area contributed by atoms with Crippen LogP contribution in [0.3, 0.4) is 0 Å². The summed E-state index contributed by atoms with van der Waals surface area (Å²) >= 11 is 0. The normalized spacial score (nSPS) is 17.5. The van der Waals surface area contributed by atoms with Crippen molar-refractivity contribution in [2.75, 3.05) is 11.4 Å². The number of pyridine rings is 2. The Hall–Kier alpha value is -3.16. The summed E-state index contributed by atoms with van der Waals surface area (Å²) < 4.78 is 13.0. The number of aromatic amines is 1. The summed E-state index contributed by atoms with van der Waals surface area (Å²) in [6, 6.07) is 6.62. The Morgan fingerprint density at radius 3 is 2.85 bits per heavy atom. The summed E-state index contributed by atoms with van der Waals surface area (Å²) in [5, 5.41) is 7.06. The minimum Gasteiger partial charge on any atom is -0.281 e. The van der Waals surface area contributed by atoms with Crippen molar-refractivity contribution in [2.24, 2.45) is 5.92 Å². The first-order valence-corrected chi connectivity index (χ1v) is 8.45. The third-order valence-electron chi connectivity index (χ3n) is 4.49. The lowest BCUT2D eigenvalue weighted by Crippen LogP contribution is -2.42. The van der Waals surface area contributed by atoms with Gasteiger partial charge in [0.1, 0.15) is 0 Å². The third-order valence-corrected chi connectivity index (χ3v) is 4.49. The molecule has 1 saturated heterocycles. The molecular formula is C18H17FN6O. The highest BCUT2D eigenvalue weighted by atomic mass is 19.1. The van der Waals surface area contributed by atoms with Crippen LogP contribution >= 0.6 is 0 Å². The first-order chi connectivity index (χ1) is 12.7. The van der Waals surface area contributed by atoms with Crippen molar-refractivity contribution in [1.29, 1.82) is 0 Å². The minimum absolute atomic E-state index is 0.00185. The number of nitrogens with zero attached hydrogens (tertiary/aromatic N) is 5. The number of aromatic nitrogens is 5. The van der Waals surface area contributed by atoms with E-state index in [2.05, 4.69) is 25.1 Å². The summed E-state index contributed by atoms with van der Waals surface area (Å²) in [4.78, 5) is 26.6. The molecule has 0 spiro atoms. The molecule has 0 unspecified atom stereocenters. The van der Waals surface area contributed by atoms with Crippen LogP contribution in [-0.4, -0.2) is 37.6 Å². The molecule has 1 atom stereocenters. The molecule has 1 fully saturated rings. The summed E-state index contributed by atoms with van der Waals surface area (Å²) in [5.74, 6) is 0.280. The highest BCUT2D eigenvalue weighted by Crippen LogP contribution is 2.26. The van der Waals surface area contributed by atoms with Crippen molar-refractivity contribution in [3.8, 4) is 11.4 Å². The van der Waals surface area contributed by atoms with E-state index < -0.39 is 5.95 Å². The third kappa shape index (κ3) is 3.30. The average Bonchev–Trinajstić information content (AvgIpc) is 3.16. The molecular weight excluding hydrogens is 335 g/mol. The van der Waals surface area contributed by atoms with Gasteiger partial charge in [0, 0.05) is 36.6 Å². The van der Waals surface area contributed by atoms with Crippen molar-refractivity contribution in [3.05, 3.63) is 54.4 Å². The molecule has 4 rings (SSSR count). The average molecular weight is 352 g/mol. The van der Waals surface area contributed by atoms with E-state index in [0.717, 1.165) is 24.0 Å². The Kier molecular flexibility index (Phi) is 4.39. The van der Waals surface area contributed by atoms with Crippen LogP contribution in [0.5, 0.6) is 0 Å². The van der Waals surface area contributed by atoms with Crippen molar-refractivity contribution in [1.82, 2.24) is 25.1 Å². The number of piperidine rings is 1. The monoisotopic (exact) mass is 352 g/mol. The van der Waals surface area contributed by atoms with Gasteiger partial charge in [0.05, 0.1) is 0 Å². The van der Waals surface area contributed by atoms with Gasteiger partial charge < -0.3 is 0 Å². The Balaban J connectivity index is 1.51. The van der Waals surface area contributed by atoms with Gasteiger partial charge in [-0.3, -0.25) is 14.7 Å². The predicted molar refractivity (Wildman–Crippen MR) is 92.6 cm³/mol. The first kappa shape index (κ1) is 16.3. The highest BCUT2D eigenvalue weighted by molar-refractivity contribution is 5.94. The number of hydrogen-bond acceptors (Lipinski definition) is 5. The lowest BCUT2D eigenvalue weighted by Gasteiger charge is -2.30. The maximum absolute atomic E-state index is 13.0. The molecule has 0 saturated carbocycles. The van der Waals surface area contributed by atoms with Crippen molar-refractivity contribution in [3.63, 3.8) is 0 Å². The Labute approximate surface area is 149 Å². The number of carbonyl (C=O) groups is 1. The van der Waals surface area contributed by atoms with Crippen molar-refractivity contribution < 1.29 is 9.18 Å². The fourth-order valence-corrected chi connectivity index (χ4v) is 3.17. The van der Waals surface area contributed by atoms with E-state index in [9.17, 15) is 9.18 Å². The molecule has 3 aromatic heterocycles. The van der Waals surface area contributed by atoms with Gasteiger partial charge in [0.2, 0.25) is 17.8 Å². The van der Waals surface area contributed by atoms with Gasteiger partial charge in [0.15, 0.2) is 5.82 Å². The fourth-order valence-electron chi connectivity index (χ4n) is 3.17. The molecule has 1 aliphatic rings. The maximum Gasteiger partial charge on any atom is 0.232 e. The number of amides is 1. The van der Waals surface area contributed by atoms with Crippen LogP contribution in [0.2, 0.25) is 0 Å². The molecule has 132 valence electrons. The molecule has 0 radical (unpaired) electrons. The summed E-state index contributed by atoms with van der Waals surface area (Å²) in [6.45, 7) is 0.599. The SMILES string of the molecule is O=C1[C@@H](Cc2ccc(F)nc2)CCCN1c1nc(-c2ccncc2)n[nH]1. The zero-order chi connectivity index (χ0) is 17.9. The molecule has 0 aromatic carbocycles. The van der Waals surface area contributed by atoms with E-state index in [-0.39, 0.29) is 11.8 Å². The number of anilines is 1. The molecule has 1 N–H and O–H groups in total. The fraction of sp³-hybridized carbons (Fsp3) is 0.278. The molecule has 1 amide bonds. The van der Waals surface area contributed by atoms with E-state index >= 15 is 0 Å². The van der Waals surface area contributed by atoms with Crippen molar-refractivity contribution in [2.45, 2.75) is 19.3 Å². The largest absolute Gasteiger partial charge is 0.281 e. The first-order valence-electron chi connectivity index (χ1n) is 8.45. The van der Waals surface area contributed by atoms with Gasteiger partial charge in [-0.05, 0) is 43.0 Å². The number of H-pyrrole nitrogens is 1. The quantitative estimate of drug-likeness (QED) is 0.729. The predicted octanol–water partition coefficient (Wildman–Crippen LogP) is 2.39. The second kappa shape index (κ2) is 6.99. The lowest BCUT2D eigenvalue weighted by molar-refractivity contribution is -0.123. The van der Waals surface area contributed by atoms with Crippen LogP contribution < -0.4 is 4.90 Å². The smallest absolute Gasteiger partial charge is 0.232 e. The Morgan fingerprint density at radius 1 is 1.23 bits per heavy atom. The van der Waals surface area contributed by atoms with Gasteiger partial charge >= 0.3 is 0 Å². The van der Waals surface area contributed by atoms with Crippen LogP contribution in [0.4, 0.5) is 10.3 Å². The van der Waals surface area contributed by atoms with Crippen LogP contribution in [0.15, 0.2) is 42.9 Å². The number of rotatable bonds is 4. The van der Waals surface area contributed by atoms with Gasteiger partial charge in [-0.2, -0.15) is 14.5 Å². The number of hydrogen-bond donors (Lipinski definition) is 1. The van der Waals surface area contributed by atoms with E-state index in [0.29, 0.717) is 24.7 Å². The van der Waals surface area contributed by atoms with Gasteiger partial charge in [-0.25, -0.2) is 10.1 Å². The van der Waals surface area contributed by atoms with Crippen LogP contribution in [0.1, 0.15) is 18.4 Å². The number of nitrogens with one attached hydrogen (secondary N) is 1. The Bertz CT molecular complexity index is 896. The molecule has 0 bridgehead atoms. The second-order valence-electron chi connectivity index (χ2n) is 6.24. The molecule has 1 aliphatic heterocycles. The topological polar surface area (TPSA) is 87.7 Å². The van der Waals surface area contributed by atoms with E-state index in [1.165, 1.54) is 12.3 Å². The minimum atomic E-state index is -0.518. The summed E-state index contributed by atoms with van der Waals surface area (Å²) in [7, 11) is 0. The van der Waals surface area contributed by atoms with Gasteiger partial charge in [0.25, 0.3) is 0 Å². The maximum atomic E-state index is 13.0. The van der Waals surface area contributed by atoms with Gasteiger partial charge in [-0.1, -0.05) is 6.07 Å². The van der Waals surface area contributed by atoms with Crippen LogP contribution in [0.25, 0.3) is 11.4 Å². The standard InChI is InChI=1S/C18H17FN6O/c19-15-4-3-12(11-21-15)10-14-2-1-9-25(17(14)26)18-22-16(23-24-18)13-5-7-20-8-6-13/h3-8,11,14H,1-2,9-10H2,(H,22,23,24)/t14-/m1/s1.